The summed E-state index contributed by atoms with van der Waals surface area (Å²) in [6, 6.07) is -0.444. The summed E-state index contributed by atoms with van der Waals surface area (Å²) in [5.41, 5.74) is 0. The normalized spacial score (nSPS) is 22.1. The number of nitrogens with zero attached hydrogens (tertiary/aromatic N) is 1. The summed E-state index contributed by atoms with van der Waals surface area (Å²) in [6.07, 6.45) is 0. The average Bonchev–Trinajstić information content (AvgIpc) is 2.32. The summed E-state index contributed by atoms with van der Waals surface area (Å²) in [7, 11) is 0. The summed E-state index contributed by atoms with van der Waals surface area (Å²) in [6.45, 7) is 11.2. The molecule has 0 bridgehead atoms. The summed E-state index contributed by atoms with van der Waals surface area (Å²) < 4.78 is 5.50. The van der Waals surface area contributed by atoms with Gasteiger partial charge >= 0.3 is 0 Å². The molecular weight excluding hydrogens is 244 g/mol. The third kappa shape index (κ3) is 3.69. The molecular formula is C14H26N2O3. The standard InChI is InChI=1S/C14H26N2O3/c1-6-19-8-11(9(2)3)16-12(17)7-15-14(18)13(16)10(4)5/h9-11,13H,6-8H2,1-5H3,(H,15,18). The quantitative estimate of drug-likeness (QED) is 0.784. The molecule has 0 saturated carbocycles. The first kappa shape index (κ1) is 16.0. The summed E-state index contributed by atoms with van der Waals surface area (Å²) >= 11 is 0. The molecule has 19 heavy (non-hydrogen) atoms. The second-order valence-corrected chi connectivity index (χ2v) is 5.68. The average molecular weight is 270 g/mol. The van der Waals surface area contributed by atoms with Crippen molar-refractivity contribution in [1.29, 1.82) is 0 Å². The van der Waals surface area contributed by atoms with Gasteiger partial charge in [-0.25, -0.2) is 0 Å². The second-order valence-electron chi connectivity index (χ2n) is 5.68. The predicted octanol–water partition coefficient (Wildman–Crippen LogP) is 1.03. The van der Waals surface area contributed by atoms with Gasteiger partial charge in [0.25, 0.3) is 0 Å². The number of carbonyl (C=O) groups excluding carboxylic acids is 2. The number of piperazine rings is 1. The van der Waals surface area contributed by atoms with Crippen molar-refractivity contribution in [2.75, 3.05) is 19.8 Å². The van der Waals surface area contributed by atoms with Crippen molar-refractivity contribution in [3.8, 4) is 0 Å². The highest BCUT2D eigenvalue weighted by atomic mass is 16.5. The van der Waals surface area contributed by atoms with E-state index >= 15 is 0 Å². The van der Waals surface area contributed by atoms with Gasteiger partial charge in [-0.15, -0.1) is 0 Å². The molecule has 0 aliphatic carbocycles. The highest BCUT2D eigenvalue weighted by Crippen LogP contribution is 2.22. The highest BCUT2D eigenvalue weighted by Gasteiger charge is 2.41. The number of rotatable bonds is 6. The van der Waals surface area contributed by atoms with Gasteiger partial charge in [0, 0.05) is 6.61 Å². The first-order chi connectivity index (χ1) is 8.90. The molecule has 2 atom stereocenters. The smallest absolute Gasteiger partial charge is 0.243 e. The Morgan fingerprint density at radius 1 is 1.32 bits per heavy atom. The van der Waals surface area contributed by atoms with Gasteiger partial charge in [0.2, 0.25) is 11.8 Å². The number of nitrogens with one attached hydrogen (secondary N) is 1. The molecule has 2 amide bonds. The van der Waals surface area contributed by atoms with Gasteiger partial charge in [0.1, 0.15) is 6.04 Å². The maximum atomic E-state index is 12.2. The van der Waals surface area contributed by atoms with Crippen LogP contribution in [0.1, 0.15) is 34.6 Å². The van der Waals surface area contributed by atoms with E-state index in [-0.39, 0.29) is 36.2 Å². The maximum Gasteiger partial charge on any atom is 0.243 e. The van der Waals surface area contributed by atoms with Gasteiger partial charge < -0.3 is 15.0 Å². The van der Waals surface area contributed by atoms with Gasteiger partial charge in [-0.05, 0) is 18.8 Å². The third-order valence-electron chi connectivity index (χ3n) is 3.52. The summed E-state index contributed by atoms with van der Waals surface area (Å²) in [5.74, 6) is 0.267. The Balaban J connectivity index is 2.99. The van der Waals surface area contributed by atoms with Crippen molar-refractivity contribution in [1.82, 2.24) is 10.2 Å². The molecule has 5 nitrogen and oxygen atoms in total. The minimum absolute atomic E-state index is 0.0169. The third-order valence-corrected chi connectivity index (χ3v) is 3.52. The van der Waals surface area contributed by atoms with Crippen LogP contribution < -0.4 is 5.32 Å². The van der Waals surface area contributed by atoms with Crippen LogP contribution in [0.3, 0.4) is 0 Å². The SMILES string of the molecule is CCOCC(C(C)C)N1C(=O)CNC(=O)C1C(C)C. The van der Waals surface area contributed by atoms with Crippen molar-refractivity contribution in [3.05, 3.63) is 0 Å². The molecule has 1 heterocycles. The summed E-state index contributed by atoms with van der Waals surface area (Å²) in [5, 5.41) is 2.67. The Bertz CT molecular complexity index is 329. The lowest BCUT2D eigenvalue weighted by Crippen LogP contribution is -2.64. The van der Waals surface area contributed by atoms with Gasteiger partial charge in [-0.1, -0.05) is 27.7 Å². The Labute approximate surface area is 115 Å². The van der Waals surface area contributed by atoms with Crippen LogP contribution in [0.15, 0.2) is 0 Å². The molecule has 0 aromatic carbocycles. The minimum atomic E-state index is -0.394. The second kappa shape index (κ2) is 6.89. The lowest BCUT2D eigenvalue weighted by atomic mass is 9.93. The molecule has 0 spiro atoms. The van der Waals surface area contributed by atoms with Gasteiger partial charge in [-0.3, -0.25) is 9.59 Å². The van der Waals surface area contributed by atoms with Crippen LogP contribution in [0.5, 0.6) is 0 Å². The fourth-order valence-electron chi connectivity index (χ4n) is 2.49. The summed E-state index contributed by atoms with van der Waals surface area (Å²) in [4.78, 5) is 26.0. The topological polar surface area (TPSA) is 58.6 Å². The number of hydrogen-bond acceptors (Lipinski definition) is 3. The van der Waals surface area contributed by atoms with E-state index in [0.29, 0.717) is 13.2 Å². The van der Waals surface area contributed by atoms with Crippen LogP contribution in [-0.4, -0.2) is 48.6 Å². The van der Waals surface area contributed by atoms with Crippen molar-refractivity contribution >= 4 is 11.8 Å². The zero-order chi connectivity index (χ0) is 14.6. The van der Waals surface area contributed by atoms with Crippen LogP contribution in [-0.2, 0) is 14.3 Å². The zero-order valence-corrected chi connectivity index (χ0v) is 12.6. The first-order valence-corrected chi connectivity index (χ1v) is 7.06. The fourth-order valence-corrected chi connectivity index (χ4v) is 2.49. The zero-order valence-electron chi connectivity index (χ0n) is 12.6. The van der Waals surface area contributed by atoms with Crippen LogP contribution in [0.2, 0.25) is 0 Å². The van der Waals surface area contributed by atoms with E-state index < -0.39 is 6.04 Å². The monoisotopic (exact) mass is 270 g/mol. The van der Waals surface area contributed by atoms with Crippen molar-refractivity contribution in [3.63, 3.8) is 0 Å². The van der Waals surface area contributed by atoms with Crippen LogP contribution in [0.25, 0.3) is 0 Å². The first-order valence-electron chi connectivity index (χ1n) is 7.06. The van der Waals surface area contributed by atoms with E-state index in [2.05, 4.69) is 19.2 Å². The van der Waals surface area contributed by atoms with Crippen LogP contribution in [0.4, 0.5) is 0 Å². The van der Waals surface area contributed by atoms with Crippen molar-refractivity contribution in [2.24, 2.45) is 11.8 Å². The van der Waals surface area contributed by atoms with Gasteiger partial charge in [0.15, 0.2) is 0 Å². The lowest BCUT2D eigenvalue weighted by Gasteiger charge is -2.43. The largest absolute Gasteiger partial charge is 0.380 e. The van der Waals surface area contributed by atoms with Crippen LogP contribution in [0, 0.1) is 11.8 Å². The number of hydrogen-bond donors (Lipinski definition) is 1. The maximum absolute atomic E-state index is 12.2. The van der Waals surface area contributed by atoms with Crippen molar-refractivity contribution in [2.45, 2.75) is 46.7 Å². The molecule has 1 aliphatic rings. The van der Waals surface area contributed by atoms with E-state index in [9.17, 15) is 9.59 Å². The predicted molar refractivity (Wildman–Crippen MR) is 73.6 cm³/mol. The Hall–Kier alpha value is -1.10. The molecule has 0 aromatic heterocycles. The molecule has 1 aliphatic heterocycles. The minimum Gasteiger partial charge on any atom is -0.380 e. The number of carbonyl (C=O) groups is 2. The Kier molecular flexibility index (Phi) is 5.79. The molecule has 110 valence electrons. The van der Waals surface area contributed by atoms with E-state index in [4.69, 9.17) is 4.74 Å². The molecule has 5 heteroatoms. The van der Waals surface area contributed by atoms with Crippen LogP contribution >= 0.6 is 0 Å². The Morgan fingerprint density at radius 3 is 2.42 bits per heavy atom. The van der Waals surface area contributed by atoms with Gasteiger partial charge in [-0.2, -0.15) is 0 Å². The van der Waals surface area contributed by atoms with Crippen molar-refractivity contribution < 1.29 is 14.3 Å². The van der Waals surface area contributed by atoms with E-state index in [1.165, 1.54) is 0 Å². The fraction of sp³-hybridized carbons (Fsp3) is 0.857. The molecule has 1 saturated heterocycles. The molecule has 2 unspecified atom stereocenters. The molecule has 1 fully saturated rings. The highest BCUT2D eigenvalue weighted by molar-refractivity contribution is 5.95. The van der Waals surface area contributed by atoms with E-state index in [0.717, 1.165) is 0 Å². The Morgan fingerprint density at radius 2 is 1.95 bits per heavy atom. The van der Waals surface area contributed by atoms with E-state index in [1.54, 1.807) is 4.90 Å². The van der Waals surface area contributed by atoms with Gasteiger partial charge in [0.05, 0.1) is 19.2 Å². The lowest BCUT2D eigenvalue weighted by molar-refractivity contribution is -0.153. The molecule has 0 radical (unpaired) electrons. The number of ether oxygens (including phenoxy) is 1. The molecule has 0 aromatic rings. The molecule has 1 rings (SSSR count). The molecule has 1 N–H and O–H groups in total. The van der Waals surface area contributed by atoms with E-state index in [1.807, 2.05) is 20.8 Å². The number of amides is 2.